The van der Waals surface area contributed by atoms with Crippen LogP contribution in [0.5, 0.6) is 0 Å². The fourth-order valence-electron chi connectivity index (χ4n) is 4.33. The SMILES string of the molecule is CC(=O)C[S+]1CCOCC1.CC12CCC(C(S(=O)(=O)[O-])C1=O)C2(C)C. The summed E-state index contributed by atoms with van der Waals surface area (Å²) < 4.78 is 38.4. The fourth-order valence-corrected chi connectivity index (χ4v) is 7.50. The molecule has 0 spiro atoms. The highest BCUT2D eigenvalue weighted by Crippen LogP contribution is 2.64. The Hall–Kier alpha value is -0.440. The third-order valence-electron chi connectivity index (χ3n) is 6.22. The largest absolute Gasteiger partial charge is 0.747 e. The summed E-state index contributed by atoms with van der Waals surface area (Å²) in [5, 5.41) is -1.30. The van der Waals surface area contributed by atoms with Crippen LogP contribution in [0.4, 0.5) is 0 Å². The van der Waals surface area contributed by atoms with Crippen molar-refractivity contribution in [3.05, 3.63) is 0 Å². The molecule has 3 atom stereocenters. The molecule has 3 rings (SSSR count). The number of carbonyl (C=O) groups is 2. The molecule has 3 fully saturated rings. The van der Waals surface area contributed by atoms with Crippen LogP contribution in [0.1, 0.15) is 40.5 Å². The second-order valence-corrected chi connectivity index (χ2v) is 11.8. The Morgan fingerprint density at radius 3 is 2.20 bits per heavy atom. The van der Waals surface area contributed by atoms with Gasteiger partial charge in [-0.1, -0.05) is 20.8 Å². The number of ether oxygens (including phenoxy) is 1. The first-order valence-electron chi connectivity index (χ1n) is 8.61. The summed E-state index contributed by atoms with van der Waals surface area (Å²) in [5.41, 5.74) is -0.994. The van der Waals surface area contributed by atoms with Gasteiger partial charge in [-0.3, -0.25) is 9.59 Å². The lowest BCUT2D eigenvalue weighted by Gasteiger charge is -2.32. The molecule has 3 aliphatic rings. The van der Waals surface area contributed by atoms with Gasteiger partial charge in [0, 0.05) is 5.41 Å². The highest BCUT2D eigenvalue weighted by Gasteiger charge is 2.67. The van der Waals surface area contributed by atoms with E-state index in [0.717, 1.165) is 30.5 Å². The summed E-state index contributed by atoms with van der Waals surface area (Å²) in [7, 11) is -4.14. The van der Waals surface area contributed by atoms with Gasteiger partial charge in [-0.15, -0.1) is 0 Å². The summed E-state index contributed by atoms with van der Waals surface area (Å²) in [4.78, 5) is 22.6. The van der Waals surface area contributed by atoms with Gasteiger partial charge >= 0.3 is 0 Å². The molecule has 8 heteroatoms. The third kappa shape index (κ3) is 3.96. The second kappa shape index (κ2) is 7.29. The summed E-state index contributed by atoms with van der Waals surface area (Å²) in [5.74, 6) is 2.64. The minimum atomic E-state index is -4.49. The van der Waals surface area contributed by atoms with Crippen molar-refractivity contribution < 1.29 is 27.3 Å². The molecule has 25 heavy (non-hydrogen) atoms. The number of hydrogen-bond donors (Lipinski definition) is 0. The predicted molar refractivity (Wildman–Crippen MR) is 96.6 cm³/mol. The van der Waals surface area contributed by atoms with E-state index in [9.17, 15) is 22.6 Å². The maximum absolute atomic E-state index is 12.0. The molecular formula is C17H28O6S2. The first kappa shape index (κ1) is 20.9. The van der Waals surface area contributed by atoms with Crippen LogP contribution in [0.15, 0.2) is 0 Å². The van der Waals surface area contributed by atoms with Gasteiger partial charge in [-0.25, -0.2) is 8.42 Å². The first-order valence-corrected chi connectivity index (χ1v) is 11.8. The number of ketones is 2. The zero-order valence-electron chi connectivity index (χ0n) is 15.4. The minimum Gasteiger partial charge on any atom is -0.747 e. The van der Waals surface area contributed by atoms with Crippen molar-refractivity contribution in [2.24, 2.45) is 16.7 Å². The molecule has 6 nitrogen and oxygen atoms in total. The number of Topliss-reactive ketones (excluding diaryl/α,β-unsaturated/α-hetero) is 2. The zero-order chi connectivity index (χ0) is 19.0. The quantitative estimate of drug-likeness (QED) is 0.527. The molecule has 3 unspecified atom stereocenters. The smallest absolute Gasteiger partial charge is 0.178 e. The zero-order valence-corrected chi connectivity index (χ0v) is 17.0. The first-order chi connectivity index (χ1) is 11.4. The molecule has 2 aliphatic carbocycles. The maximum Gasteiger partial charge on any atom is 0.178 e. The van der Waals surface area contributed by atoms with Gasteiger partial charge in [0.2, 0.25) is 0 Å². The molecular weight excluding hydrogens is 364 g/mol. The van der Waals surface area contributed by atoms with Crippen molar-refractivity contribution in [3.63, 3.8) is 0 Å². The van der Waals surface area contributed by atoms with Crippen LogP contribution in [0.2, 0.25) is 0 Å². The van der Waals surface area contributed by atoms with Crippen molar-refractivity contribution in [2.45, 2.75) is 45.8 Å². The van der Waals surface area contributed by atoms with Gasteiger partial charge in [0.05, 0.1) is 13.2 Å². The topological polar surface area (TPSA) is 101 Å². The van der Waals surface area contributed by atoms with Crippen molar-refractivity contribution in [3.8, 4) is 0 Å². The highest BCUT2D eigenvalue weighted by atomic mass is 32.2. The molecule has 144 valence electrons. The van der Waals surface area contributed by atoms with E-state index in [0.29, 0.717) is 29.5 Å². The van der Waals surface area contributed by atoms with Gasteiger partial charge in [0.1, 0.15) is 26.9 Å². The lowest BCUT2D eigenvalue weighted by molar-refractivity contribution is -0.128. The van der Waals surface area contributed by atoms with E-state index in [1.807, 2.05) is 13.8 Å². The molecule has 2 bridgehead atoms. The van der Waals surface area contributed by atoms with Crippen LogP contribution < -0.4 is 0 Å². The van der Waals surface area contributed by atoms with Crippen LogP contribution in [0.3, 0.4) is 0 Å². The third-order valence-corrected chi connectivity index (χ3v) is 9.69. The molecule has 0 radical (unpaired) electrons. The number of hydrogen-bond acceptors (Lipinski definition) is 6. The molecule has 0 aromatic rings. The average Bonchev–Trinajstić information content (AvgIpc) is 2.79. The second-order valence-electron chi connectivity index (χ2n) is 7.96. The molecule has 0 amide bonds. The standard InChI is InChI=1S/C10H16O4S.C7H13O2S/c1-9(2)6-4-5-10(9,3)8(11)7(6)15(12,13)14;1-7(8)6-10-4-2-9-3-5-10/h6-7H,4-5H2,1-3H3,(H,12,13,14);2-6H2,1H3/q;+1/p-1. The lowest BCUT2D eigenvalue weighted by Crippen LogP contribution is -2.38. The van der Waals surface area contributed by atoms with Gasteiger partial charge in [-0.2, -0.15) is 0 Å². The molecule has 1 aliphatic heterocycles. The van der Waals surface area contributed by atoms with E-state index in [1.54, 1.807) is 13.8 Å². The molecule has 2 saturated carbocycles. The van der Waals surface area contributed by atoms with E-state index in [-0.39, 0.29) is 17.1 Å². The summed E-state index contributed by atoms with van der Waals surface area (Å²) in [6.45, 7) is 8.97. The lowest BCUT2D eigenvalue weighted by atomic mass is 9.70. The van der Waals surface area contributed by atoms with Crippen LogP contribution >= 0.6 is 0 Å². The van der Waals surface area contributed by atoms with Crippen molar-refractivity contribution in [1.29, 1.82) is 0 Å². The van der Waals surface area contributed by atoms with E-state index in [1.165, 1.54) is 0 Å². The number of fused-ring (bicyclic) bond motifs is 2. The molecule has 0 aromatic carbocycles. The van der Waals surface area contributed by atoms with E-state index < -0.39 is 20.8 Å². The van der Waals surface area contributed by atoms with Gasteiger partial charge in [0.15, 0.2) is 17.3 Å². The van der Waals surface area contributed by atoms with Crippen LogP contribution in [-0.2, 0) is 35.3 Å². The summed E-state index contributed by atoms with van der Waals surface area (Å²) >= 11 is 0. The summed E-state index contributed by atoms with van der Waals surface area (Å²) in [6, 6.07) is 0. The fraction of sp³-hybridized carbons (Fsp3) is 0.882. The normalized spacial score (nSPS) is 34.5. The van der Waals surface area contributed by atoms with Crippen LogP contribution in [0, 0.1) is 16.7 Å². The highest BCUT2D eigenvalue weighted by molar-refractivity contribution is 7.97. The van der Waals surface area contributed by atoms with Crippen molar-refractivity contribution in [2.75, 3.05) is 30.5 Å². The molecule has 0 aromatic heterocycles. The molecule has 1 heterocycles. The Morgan fingerprint density at radius 2 is 1.84 bits per heavy atom. The average molecular weight is 393 g/mol. The van der Waals surface area contributed by atoms with Crippen molar-refractivity contribution >= 4 is 32.6 Å². The minimum absolute atomic E-state index is 0.294. The van der Waals surface area contributed by atoms with Gasteiger partial charge < -0.3 is 9.29 Å². The van der Waals surface area contributed by atoms with Gasteiger partial charge in [0.25, 0.3) is 0 Å². The van der Waals surface area contributed by atoms with Gasteiger partial charge in [-0.05, 0) is 42.0 Å². The molecule has 0 N–H and O–H groups in total. The van der Waals surface area contributed by atoms with E-state index in [4.69, 9.17) is 4.74 Å². The van der Waals surface area contributed by atoms with Crippen molar-refractivity contribution in [1.82, 2.24) is 0 Å². The van der Waals surface area contributed by atoms with Crippen LogP contribution in [-0.4, -0.2) is 60.3 Å². The van der Waals surface area contributed by atoms with E-state index in [2.05, 4.69) is 0 Å². The predicted octanol–water partition coefficient (Wildman–Crippen LogP) is 1.15. The Morgan fingerprint density at radius 1 is 1.28 bits per heavy atom. The Bertz CT molecular complexity index is 636. The Kier molecular flexibility index (Phi) is 6.08. The monoisotopic (exact) mass is 392 g/mol. The number of rotatable bonds is 3. The summed E-state index contributed by atoms with van der Waals surface area (Å²) in [6.07, 6.45) is 1.37. The Labute approximate surface area is 153 Å². The van der Waals surface area contributed by atoms with Crippen LogP contribution in [0.25, 0.3) is 0 Å². The van der Waals surface area contributed by atoms with E-state index >= 15 is 0 Å². The number of carbonyl (C=O) groups excluding carboxylic acids is 2. The molecule has 1 saturated heterocycles. The Balaban J connectivity index is 0.000000196. The maximum atomic E-state index is 12.0.